The molecule has 2 nitrogen and oxygen atoms in total. The molecule has 0 aliphatic heterocycles. The van der Waals surface area contributed by atoms with Gasteiger partial charge < -0.3 is 4.52 Å². The van der Waals surface area contributed by atoms with Crippen molar-refractivity contribution in [2.45, 2.75) is 6.92 Å². The Kier molecular flexibility index (Phi) is 1.36. The Morgan fingerprint density at radius 1 is 1.45 bits per heavy atom. The summed E-state index contributed by atoms with van der Waals surface area (Å²) in [6.07, 6.45) is 0. The van der Waals surface area contributed by atoms with Crippen molar-refractivity contribution in [3.05, 3.63) is 29.0 Å². The van der Waals surface area contributed by atoms with Crippen LogP contribution < -0.4 is 0 Å². The van der Waals surface area contributed by atoms with Gasteiger partial charge in [0, 0.05) is 10.4 Å². The standard InChI is InChI=1S/C8H6ClNO/c1-5-7-4-6(9)2-3-8(7)10-11-5/h2-4H,1H3. The van der Waals surface area contributed by atoms with Crippen LogP contribution in [0.4, 0.5) is 0 Å². The van der Waals surface area contributed by atoms with Crippen LogP contribution in [0.1, 0.15) is 5.76 Å². The van der Waals surface area contributed by atoms with Gasteiger partial charge in [0.05, 0.1) is 0 Å². The maximum Gasteiger partial charge on any atom is 0.141 e. The second-order valence-corrected chi connectivity index (χ2v) is 2.84. The zero-order chi connectivity index (χ0) is 7.84. The molecular formula is C8H6ClNO. The van der Waals surface area contributed by atoms with E-state index in [1.54, 1.807) is 6.07 Å². The number of hydrogen-bond donors (Lipinski definition) is 0. The third-order valence-corrected chi connectivity index (χ3v) is 1.85. The largest absolute Gasteiger partial charge is 0.360 e. The van der Waals surface area contributed by atoms with Gasteiger partial charge in [-0.3, -0.25) is 0 Å². The van der Waals surface area contributed by atoms with Crippen molar-refractivity contribution < 1.29 is 4.52 Å². The number of nitrogens with zero attached hydrogens (tertiary/aromatic N) is 1. The molecule has 1 aromatic carbocycles. The number of rotatable bonds is 0. The molecule has 0 unspecified atom stereocenters. The van der Waals surface area contributed by atoms with Crippen LogP contribution in [0.5, 0.6) is 0 Å². The molecule has 0 fully saturated rings. The van der Waals surface area contributed by atoms with E-state index in [4.69, 9.17) is 16.1 Å². The molecule has 0 bridgehead atoms. The van der Waals surface area contributed by atoms with Crippen LogP contribution in [-0.4, -0.2) is 5.16 Å². The van der Waals surface area contributed by atoms with Crippen molar-refractivity contribution in [1.29, 1.82) is 0 Å². The highest BCUT2D eigenvalue weighted by Gasteiger charge is 2.02. The van der Waals surface area contributed by atoms with E-state index in [1.165, 1.54) is 0 Å². The lowest BCUT2D eigenvalue weighted by Crippen LogP contribution is -1.68. The molecule has 0 aliphatic rings. The van der Waals surface area contributed by atoms with Gasteiger partial charge >= 0.3 is 0 Å². The molecule has 0 amide bonds. The Morgan fingerprint density at radius 2 is 2.27 bits per heavy atom. The highest BCUT2D eigenvalue weighted by Crippen LogP contribution is 2.21. The molecule has 0 saturated carbocycles. The first kappa shape index (κ1) is 6.68. The monoisotopic (exact) mass is 167 g/mol. The van der Waals surface area contributed by atoms with Crippen molar-refractivity contribution in [2.75, 3.05) is 0 Å². The first-order chi connectivity index (χ1) is 5.27. The molecule has 2 rings (SSSR count). The van der Waals surface area contributed by atoms with E-state index in [0.29, 0.717) is 5.02 Å². The lowest BCUT2D eigenvalue weighted by molar-refractivity contribution is 0.405. The Morgan fingerprint density at radius 3 is 3.09 bits per heavy atom. The van der Waals surface area contributed by atoms with E-state index in [1.807, 2.05) is 19.1 Å². The van der Waals surface area contributed by atoms with E-state index in [-0.39, 0.29) is 0 Å². The van der Waals surface area contributed by atoms with Gasteiger partial charge in [0.25, 0.3) is 0 Å². The first-order valence-electron chi connectivity index (χ1n) is 3.29. The van der Waals surface area contributed by atoms with E-state index in [9.17, 15) is 0 Å². The van der Waals surface area contributed by atoms with Gasteiger partial charge in [0.1, 0.15) is 11.3 Å². The molecule has 1 heterocycles. The van der Waals surface area contributed by atoms with Gasteiger partial charge in [0.2, 0.25) is 0 Å². The summed E-state index contributed by atoms with van der Waals surface area (Å²) >= 11 is 5.78. The van der Waals surface area contributed by atoms with Gasteiger partial charge in [-0.25, -0.2) is 0 Å². The lowest BCUT2D eigenvalue weighted by atomic mass is 10.2. The van der Waals surface area contributed by atoms with Crippen LogP contribution >= 0.6 is 11.6 Å². The number of benzene rings is 1. The highest BCUT2D eigenvalue weighted by atomic mass is 35.5. The number of aryl methyl sites for hydroxylation is 1. The lowest BCUT2D eigenvalue weighted by Gasteiger charge is -1.87. The van der Waals surface area contributed by atoms with Crippen LogP contribution in [0.3, 0.4) is 0 Å². The summed E-state index contributed by atoms with van der Waals surface area (Å²) in [7, 11) is 0. The molecule has 0 saturated heterocycles. The van der Waals surface area contributed by atoms with E-state index in [0.717, 1.165) is 16.7 Å². The van der Waals surface area contributed by atoms with Crippen molar-refractivity contribution in [3.63, 3.8) is 0 Å². The van der Waals surface area contributed by atoms with Crippen molar-refractivity contribution in [2.24, 2.45) is 0 Å². The Labute approximate surface area is 68.7 Å². The van der Waals surface area contributed by atoms with Crippen LogP contribution in [0.15, 0.2) is 22.7 Å². The third-order valence-electron chi connectivity index (χ3n) is 1.62. The van der Waals surface area contributed by atoms with Gasteiger partial charge in [-0.2, -0.15) is 0 Å². The number of hydrogen-bond acceptors (Lipinski definition) is 2. The zero-order valence-electron chi connectivity index (χ0n) is 5.97. The molecule has 11 heavy (non-hydrogen) atoms. The van der Waals surface area contributed by atoms with Gasteiger partial charge in [0.15, 0.2) is 0 Å². The summed E-state index contributed by atoms with van der Waals surface area (Å²) in [6.45, 7) is 1.87. The normalized spacial score (nSPS) is 10.7. The average molecular weight is 168 g/mol. The van der Waals surface area contributed by atoms with Gasteiger partial charge in [-0.15, -0.1) is 0 Å². The van der Waals surface area contributed by atoms with Crippen LogP contribution in [0, 0.1) is 6.92 Å². The van der Waals surface area contributed by atoms with Crippen molar-refractivity contribution in [1.82, 2.24) is 5.16 Å². The Balaban J connectivity index is 2.87. The molecule has 56 valence electrons. The van der Waals surface area contributed by atoms with E-state index in [2.05, 4.69) is 5.16 Å². The van der Waals surface area contributed by atoms with Crippen molar-refractivity contribution in [3.8, 4) is 0 Å². The second-order valence-electron chi connectivity index (χ2n) is 2.40. The third kappa shape index (κ3) is 0.994. The molecule has 3 heteroatoms. The fourth-order valence-electron chi connectivity index (χ4n) is 1.04. The fraction of sp³-hybridized carbons (Fsp3) is 0.125. The average Bonchev–Trinajstić information content (AvgIpc) is 2.33. The summed E-state index contributed by atoms with van der Waals surface area (Å²) in [5, 5.41) is 5.52. The molecule has 1 aromatic heterocycles. The van der Waals surface area contributed by atoms with E-state index >= 15 is 0 Å². The minimum atomic E-state index is 0.712. The summed E-state index contributed by atoms with van der Waals surface area (Å²) in [6, 6.07) is 5.49. The quantitative estimate of drug-likeness (QED) is 0.603. The summed E-state index contributed by atoms with van der Waals surface area (Å²) in [4.78, 5) is 0. The maximum atomic E-state index is 5.78. The zero-order valence-corrected chi connectivity index (χ0v) is 6.72. The topological polar surface area (TPSA) is 26.0 Å². The molecule has 0 radical (unpaired) electrons. The van der Waals surface area contributed by atoms with Crippen molar-refractivity contribution >= 4 is 22.5 Å². The second kappa shape index (κ2) is 2.24. The molecule has 0 atom stereocenters. The molecule has 2 aromatic rings. The number of fused-ring (bicyclic) bond motifs is 1. The molecular weight excluding hydrogens is 162 g/mol. The highest BCUT2D eigenvalue weighted by molar-refractivity contribution is 6.31. The SMILES string of the molecule is Cc1onc2ccc(Cl)cc12. The Hall–Kier alpha value is -1.02. The van der Waals surface area contributed by atoms with Gasteiger partial charge in [-0.1, -0.05) is 16.8 Å². The number of halogens is 1. The predicted octanol–water partition coefficient (Wildman–Crippen LogP) is 2.79. The van der Waals surface area contributed by atoms with Crippen LogP contribution in [0.25, 0.3) is 10.9 Å². The summed E-state index contributed by atoms with van der Waals surface area (Å²) in [5.41, 5.74) is 0.854. The Bertz CT molecular complexity index is 394. The van der Waals surface area contributed by atoms with Crippen LogP contribution in [-0.2, 0) is 0 Å². The van der Waals surface area contributed by atoms with Crippen LogP contribution in [0.2, 0.25) is 5.02 Å². The van der Waals surface area contributed by atoms with E-state index < -0.39 is 0 Å². The summed E-state index contributed by atoms with van der Waals surface area (Å²) in [5.74, 6) is 0.808. The minimum Gasteiger partial charge on any atom is -0.360 e. The number of aromatic nitrogens is 1. The molecule has 0 aliphatic carbocycles. The minimum absolute atomic E-state index is 0.712. The summed E-state index contributed by atoms with van der Waals surface area (Å²) < 4.78 is 4.96. The predicted molar refractivity (Wildman–Crippen MR) is 43.8 cm³/mol. The maximum absolute atomic E-state index is 5.78. The smallest absolute Gasteiger partial charge is 0.141 e. The van der Waals surface area contributed by atoms with Gasteiger partial charge in [-0.05, 0) is 25.1 Å². The first-order valence-corrected chi connectivity index (χ1v) is 3.67. The molecule has 0 spiro atoms. The molecule has 0 N–H and O–H groups in total. The fourth-order valence-corrected chi connectivity index (χ4v) is 1.21.